The molecule has 6 N–H and O–H groups in total. The molecule has 6 aromatic rings. The van der Waals surface area contributed by atoms with Crippen molar-refractivity contribution in [1.82, 2.24) is 0 Å². The van der Waals surface area contributed by atoms with Gasteiger partial charge in [0.15, 0.2) is 0 Å². The molecule has 0 bridgehead atoms. The van der Waals surface area contributed by atoms with Gasteiger partial charge in [-0.3, -0.25) is 0 Å². The molecule has 23 heteroatoms. The largest absolute Gasteiger partial charge is 0.504 e. The van der Waals surface area contributed by atoms with Crippen LogP contribution in [0.4, 0.5) is 0 Å². The molecule has 5 aliphatic rings. The fourth-order valence-corrected chi connectivity index (χ4v) is 27.1. The Labute approximate surface area is 829 Å². The number of hydrogen-bond donors (Lipinski definition) is 6. The monoisotopic (exact) mass is 1940 g/mol. The number of hydrogen-bond acceptors (Lipinski definition) is 19. The third kappa shape index (κ3) is 37.1. The third-order valence-electron chi connectivity index (χ3n) is 28.9. The molecular weight excluding hydrogens is 1750 g/mol. The number of fused-ring (bicyclic) bond motifs is 9. The summed E-state index contributed by atoms with van der Waals surface area (Å²) in [5.74, 6) is 2.79. The van der Waals surface area contributed by atoms with Crippen molar-refractivity contribution in [3.63, 3.8) is 0 Å². The maximum atomic E-state index is 10.1. The average Bonchev–Trinajstić information content (AvgIpc) is 1.58. The second kappa shape index (κ2) is 64.1. The van der Waals surface area contributed by atoms with E-state index < -0.39 is 39.7 Å². The highest BCUT2D eigenvalue weighted by Gasteiger charge is 2.49. The first-order valence-electron chi connectivity index (χ1n) is 54.7. The van der Waals surface area contributed by atoms with Crippen LogP contribution in [0.1, 0.15) is 496 Å². The van der Waals surface area contributed by atoms with Crippen molar-refractivity contribution in [3.8, 4) is 46.5 Å². The molecule has 2 saturated heterocycles. The van der Waals surface area contributed by atoms with Crippen LogP contribution >= 0.6 is 68.0 Å². The predicted molar refractivity (Wildman–Crippen MR) is 573 cm³/mol. The van der Waals surface area contributed by atoms with Gasteiger partial charge in [0.2, 0.25) is 0 Å². The molecule has 0 spiro atoms. The maximum absolute atomic E-state index is 10.1. The van der Waals surface area contributed by atoms with Gasteiger partial charge >= 0.3 is 28.5 Å². The van der Waals surface area contributed by atoms with Gasteiger partial charge in [-0.05, 0) is 124 Å². The Balaban J connectivity index is 0.000000228. The van der Waals surface area contributed by atoms with E-state index in [4.69, 9.17) is 32.8 Å². The van der Waals surface area contributed by atoms with Crippen LogP contribution in [-0.2, 0) is 35.4 Å². The summed E-state index contributed by atoms with van der Waals surface area (Å²) in [4.78, 5) is 7.12. The maximum Gasteiger partial charge on any atom is 0.504 e. The summed E-state index contributed by atoms with van der Waals surface area (Å²) in [7, 11) is -3.99. The number of unbranched alkanes of at least 4 members (excludes halogenated alkanes) is 54. The Kier molecular flexibility index (Phi) is 54.9. The Morgan fingerprint density at radius 3 is 0.856 bits per heavy atom. The van der Waals surface area contributed by atoms with E-state index in [0.29, 0.717) is 41.7 Å². The molecule has 5 aliphatic heterocycles. The molecule has 11 rings (SSSR count). The predicted octanol–water partition coefficient (Wildman–Crippen LogP) is 30.9. The highest BCUT2D eigenvalue weighted by molar-refractivity contribution is 7.32. The normalized spacial score (nSPS) is 15.8. The molecule has 0 aliphatic carbocycles. The lowest BCUT2D eigenvalue weighted by Gasteiger charge is -2.38. The van der Waals surface area contributed by atoms with Gasteiger partial charge in [0.05, 0.1) is 42.5 Å². The first-order chi connectivity index (χ1) is 64.5. The van der Waals surface area contributed by atoms with Gasteiger partial charge in [-0.2, -0.15) is 0 Å². The van der Waals surface area contributed by atoms with Gasteiger partial charge < -0.3 is 63.1 Å². The standard InChI is InChI=1S/C43H72B2O7S2.C33H56B2O5S2.C33H54OS2/c1-5-7-9-11-13-15-17-19-21-23-25-43(26-24-22-20-18-16-14-12-10-8-6-2)35-27-37(44-48-31-41(3,29-46)32-49-44)53-39(35)40-36(52-43)28-38(54-40)45-50-33-42(4,30-47)34-51-45;1-3-5-7-9-11-13-15-17-19-21-23-33(24-22-20-18-16-14-12-10-8-6-4-2)27-25-29(34(36)37)41-31(27)32-28(40-33)26-30(42-32)35(38)39;1-3-5-7-9-11-13-15-17-19-21-25-33(26-22-20-18-16-14-12-10-8-6-4-2)29-23-27-35-31(29)32-30(34-33)24-28-36-32/h27-28,46-47H,5-26,29-34H2,1-4H3;25-26,36-39H,3-24H2,1-2H3;23-24,27-28H,3-22,25-26H2,1-2H3. The van der Waals surface area contributed by atoms with E-state index in [9.17, 15) is 30.3 Å². The molecule has 0 unspecified atom stereocenters. The SMILES string of the molecule is CCCCCCCCCCCCC1(CCCCCCCCCCCC)Oc2cc(B(O)O)sc2-c2sc(B(O)O)cc21.CCCCCCCCCCCCC1(CCCCCCCCCCCC)Oc2cc(B3OCC(C)(CO)CO3)sc2-c2sc(B3OCC(C)(CO)CO3)cc21.CCCCCCCCCCCCC1(CCCCCCCCCCCC)Oc2ccsc2-c2sccc21. The summed E-state index contributed by atoms with van der Waals surface area (Å²) in [6.45, 7) is 19.6. The molecule has 11 heterocycles. The molecule has 6 aromatic heterocycles. The van der Waals surface area contributed by atoms with Crippen LogP contribution < -0.4 is 33.3 Å². The van der Waals surface area contributed by atoms with Crippen molar-refractivity contribution in [1.29, 1.82) is 0 Å². The Bertz CT molecular complexity index is 3870. The minimum Gasteiger partial charge on any atom is -0.481 e. The lowest BCUT2D eigenvalue weighted by atomic mass is 9.77. The smallest absolute Gasteiger partial charge is 0.481 e. The summed E-state index contributed by atoms with van der Waals surface area (Å²) >= 11 is 9.97. The fourth-order valence-electron chi connectivity index (χ4n) is 20.4. The molecular formula is C109H182B4O13S6. The van der Waals surface area contributed by atoms with Gasteiger partial charge in [-0.1, -0.05) is 402 Å². The minimum atomic E-state index is -1.55. The highest BCUT2D eigenvalue weighted by atomic mass is 32.1. The summed E-state index contributed by atoms with van der Waals surface area (Å²) in [5, 5.41) is 64.3. The quantitative estimate of drug-likeness (QED) is 0.0157. The average molecular weight is 1940 g/mol. The van der Waals surface area contributed by atoms with Crippen molar-refractivity contribution in [2.45, 2.75) is 496 Å². The summed E-state index contributed by atoms with van der Waals surface area (Å²) in [5.41, 5.74) is 2.04. The van der Waals surface area contributed by atoms with Crippen LogP contribution in [0.5, 0.6) is 17.2 Å². The van der Waals surface area contributed by atoms with Crippen molar-refractivity contribution >= 4 is 116 Å². The van der Waals surface area contributed by atoms with Crippen LogP contribution in [0.2, 0.25) is 0 Å². The van der Waals surface area contributed by atoms with Crippen LogP contribution in [-0.4, -0.2) is 98.4 Å². The lowest BCUT2D eigenvalue weighted by molar-refractivity contribution is -0.0145. The van der Waals surface area contributed by atoms with Crippen molar-refractivity contribution in [2.24, 2.45) is 10.8 Å². The van der Waals surface area contributed by atoms with Crippen LogP contribution in [0.15, 0.2) is 47.2 Å². The van der Waals surface area contributed by atoms with Gasteiger partial charge in [0, 0.05) is 73.1 Å². The van der Waals surface area contributed by atoms with Gasteiger partial charge in [0.1, 0.15) is 34.1 Å². The summed E-state index contributed by atoms with van der Waals surface area (Å²) in [6.07, 6.45) is 85.9. The molecule has 744 valence electrons. The summed E-state index contributed by atoms with van der Waals surface area (Å²) in [6, 6.07) is 12.8. The minimum absolute atomic E-state index is 0.0360. The van der Waals surface area contributed by atoms with E-state index in [-0.39, 0.29) is 29.6 Å². The second-order valence-corrected chi connectivity index (χ2v) is 47.4. The van der Waals surface area contributed by atoms with Crippen LogP contribution in [0.3, 0.4) is 0 Å². The zero-order valence-corrected chi connectivity index (χ0v) is 89.2. The number of thiophene rings is 6. The van der Waals surface area contributed by atoms with Gasteiger partial charge in [0.25, 0.3) is 0 Å². The first kappa shape index (κ1) is 113. The van der Waals surface area contributed by atoms with E-state index >= 15 is 0 Å². The van der Waals surface area contributed by atoms with E-state index in [0.717, 1.165) is 92.6 Å². The van der Waals surface area contributed by atoms with Crippen molar-refractivity contribution < 1.29 is 63.1 Å². The molecule has 2 fully saturated rings. The molecule has 0 saturated carbocycles. The highest BCUT2D eigenvalue weighted by Crippen LogP contribution is 2.57. The molecule has 0 radical (unpaired) electrons. The van der Waals surface area contributed by atoms with Crippen molar-refractivity contribution in [2.75, 3.05) is 39.6 Å². The Hall–Kier alpha value is -2.54. The van der Waals surface area contributed by atoms with E-state index in [1.165, 1.54) is 421 Å². The molecule has 13 nitrogen and oxygen atoms in total. The Morgan fingerprint density at radius 1 is 0.273 bits per heavy atom. The zero-order valence-electron chi connectivity index (χ0n) is 84.3. The van der Waals surface area contributed by atoms with E-state index in [1.807, 2.05) is 42.6 Å². The van der Waals surface area contributed by atoms with E-state index in [1.54, 1.807) is 28.7 Å². The number of aliphatic hydroxyl groups excluding tert-OH is 2. The second-order valence-electron chi connectivity index (χ2n) is 41.2. The molecule has 0 amide bonds. The van der Waals surface area contributed by atoms with Crippen LogP contribution in [0.25, 0.3) is 29.3 Å². The third-order valence-corrected chi connectivity index (χ3v) is 35.8. The zero-order chi connectivity index (χ0) is 93.8. The molecule has 132 heavy (non-hydrogen) atoms. The number of aliphatic hydroxyl groups is 2. The van der Waals surface area contributed by atoms with Crippen LogP contribution in [0, 0.1) is 10.8 Å². The van der Waals surface area contributed by atoms with Crippen molar-refractivity contribution in [3.05, 3.63) is 63.8 Å². The number of rotatable bonds is 72. The summed E-state index contributed by atoms with van der Waals surface area (Å²) < 4.78 is 49.2. The topological polar surface area (TPSA) is 186 Å². The van der Waals surface area contributed by atoms with E-state index in [2.05, 4.69) is 76.6 Å². The number of ether oxygens (including phenoxy) is 3. The lowest BCUT2D eigenvalue weighted by Crippen LogP contribution is -2.49. The van der Waals surface area contributed by atoms with Gasteiger partial charge in [-0.25, -0.2) is 0 Å². The fraction of sp³-hybridized carbons (Fsp3) is 0.780. The Morgan fingerprint density at radius 2 is 0.523 bits per heavy atom. The molecule has 0 atom stereocenters. The first-order valence-corrected chi connectivity index (χ1v) is 59.7. The molecule has 0 aromatic carbocycles. The van der Waals surface area contributed by atoms with Gasteiger partial charge in [-0.15, -0.1) is 68.0 Å².